The van der Waals surface area contributed by atoms with Crippen LogP contribution in [0, 0.1) is 0 Å². The molecule has 0 aromatic heterocycles. The van der Waals surface area contributed by atoms with Gasteiger partial charge >= 0.3 is 0 Å². The Balaban J connectivity index is 1.98. The van der Waals surface area contributed by atoms with E-state index >= 15 is 0 Å². The van der Waals surface area contributed by atoms with E-state index in [1.807, 2.05) is 7.05 Å². The van der Waals surface area contributed by atoms with Crippen LogP contribution < -0.4 is 5.32 Å². The van der Waals surface area contributed by atoms with Crippen LogP contribution in [0.4, 0.5) is 0 Å². The zero-order valence-corrected chi connectivity index (χ0v) is 8.85. The Bertz CT molecular complexity index is 109. The summed E-state index contributed by atoms with van der Waals surface area (Å²) in [5, 5.41) is 3.14. The first-order valence-electron chi connectivity index (χ1n) is 5.69. The number of nitrogens with one attached hydrogen (secondary N) is 1. The van der Waals surface area contributed by atoms with E-state index in [0.717, 1.165) is 19.6 Å². The molecule has 0 bridgehead atoms. The second-order valence-electron chi connectivity index (χ2n) is 3.94. The number of rotatable bonds is 5. The summed E-state index contributed by atoms with van der Waals surface area (Å²) in [4.78, 5) is 0. The Kier molecular flexibility index (Phi) is 6.21. The van der Waals surface area contributed by atoms with Gasteiger partial charge in [0.2, 0.25) is 0 Å². The van der Waals surface area contributed by atoms with E-state index in [1.165, 1.54) is 38.5 Å². The van der Waals surface area contributed by atoms with Crippen LogP contribution in [0.2, 0.25) is 0 Å². The third-order valence-corrected chi connectivity index (χ3v) is 2.73. The molecule has 1 aliphatic rings. The zero-order valence-electron chi connectivity index (χ0n) is 8.85. The molecule has 0 amide bonds. The maximum Gasteiger partial charge on any atom is 0.0575 e. The molecule has 0 unspecified atom stereocenters. The summed E-state index contributed by atoms with van der Waals surface area (Å²) in [5.74, 6) is 0. The molecule has 13 heavy (non-hydrogen) atoms. The van der Waals surface area contributed by atoms with Crippen molar-refractivity contribution in [3.63, 3.8) is 0 Å². The molecule has 0 radical (unpaired) electrons. The summed E-state index contributed by atoms with van der Waals surface area (Å²) in [7, 11) is 1.99. The molecular weight excluding hydrogens is 162 g/mol. The lowest BCUT2D eigenvalue weighted by Crippen LogP contribution is -2.16. The predicted molar refractivity (Wildman–Crippen MR) is 56.0 cm³/mol. The highest BCUT2D eigenvalue weighted by Gasteiger charge is 2.11. The van der Waals surface area contributed by atoms with Crippen LogP contribution in [0.5, 0.6) is 0 Å². The monoisotopic (exact) mass is 185 g/mol. The van der Waals surface area contributed by atoms with Crippen LogP contribution in [0.15, 0.2) is 0 Å². The van der Waals surface area contributed by atoms with Crippen molar-refractivity contribution < 1.29 is 4.74 Å². The second kappa shape index (κ2) is 7.34. The van der Waals surface area contributed by atoms with Gasteiger partial charge in [-0.3, -0.25) is 0 Å². The minimum atomic E-state index is 0.569. The summed E-state index contributed by atoms with van der Waals surface area (Å²) in [6.07, 6.45) is 9.87. The van der Waals surface area contributed by atoms with E-state index in [-0.39, 0.29) is 0 Å². The molecule has 1 aliphatic carbocycles. The summed E-state index contributed by atoms with van der Waals surface area (Å²) >= 11 is 0. The molecule has 78 valence electrons. The van der Waals surface area contributed by atoms with Gasteiger partial charge in [0.15, 0.2) is 0 Å². The van der Waals surface area contributed by atoms with E-state index < -0.39 is 0 Å². The van der Waals surface area contributed by atoms with Gasteiger partial charge in [0, 0.05) is 6.61 Å². The first-order valence-corrected chi connectivity index (χ1v) is 5.69. The molecule has 1 N–H and O–H groups in total. The van der Waals surface area contributed by atoms with Gasteiger partial charge < -0.3 is 10.1 Å². The smallest absolute Gasteiger partial charge is 0.0575 e. The van der Waals surface area contributed by atoms with Gasteiger partial charge in [0.05, 0.1) is 6.10 Å². The van der Waals surface area contributed by atoms with Gasteiger partial charge in [0.1, 0.15) is 0 Å². The summed E-state index contributed by atoms with van der Waals surface area (Å²) < 4.78 is 5.82. The van der Waals surface area contributed by atoms with Gasteiger partial charge in [-0.2, -0.15) is 0 Å². The summed E-state index contributed by atoms with van der Waals surface area (Å²) in [5.41, 5.74) is 0. The second-order valence-corrected chi connectivity index (χ2v) is 3.94. The van der Waals surface area contributed by atoms with E-state index in [1.54, 1.807) is 0 Å². The van der Waals surface area contributed by atoms with Crippen LogP contribution in [0.25, 0.3) is 0 Å². The summed E-state index contributed by atoms with van der Waals surface area (Å²) in [6, 6.07) is 0. The van der Waals surface area contributed by atoms with Crippen LogP contribution in [-0.4, -0.2) is 26.3 Å². The van der Waals surface area contributed by atoms with Crippen molar-refractivity contribution in [1.82, 2.24) is 5.32 Å². The maximum absolute atomic E-state index is 5.82. The molecule has 0 atom stereocenters. The minimum Gasteiger partial charge on any atom is -0.378 e. The van der Waals surface area contributed by atoms with Crippen LogP contribution >= 0.6 is 0 Å². The van der Waals surface area contributed by atoms with Crippen molar-refractivity contribution in [1.29, 1.82) is 0 Å². The quantitative estimate of drug-likeness (QED) is 0.524. The van der Waals surface area contributed by atoms with Crippen LogP contribution in [-0.2, 0) is 4.74 Å². The average molecular weight is 185 g/mol. The molecule has 1 fully saturated rings. The maximum atomic E-state index is 5.82. The minimum absolute atomic E-state index is 0.569. The fourth-order valence-electron chi connectivity index (χ4n) is 1.91. The molecule has 0 heterocycles. The fourth-order valence-corrected chi connectivity index (χ4v) is 1.91. The Morgan fingerprint density at radius 3 is 2.46 bits per heavy atom. The van der Waals surface area contributed by atoms with Crippen LogP contribution in [0.3, 0.4) is 0 Å². The molecule has 0 aromatic carbocycles. The lowest BCUT2D eigenvalue weighted by Gasteiger charge is -2.14. The van der Waals surface area contributed by atoms with Crippen molar-refractivity contribution in [3.05, 3.63) is 0 Å². The van der Waals surface area contributed by atoms with Gasteiger partial charge in [-0.15, -0.1) is 0 Å². The average Bonchev–Trinajstić information content (AvgIpc) is 2.41. The van der Waals surface area contributed by atoms with Crippen molar-refractivity contribution in [2.45, 2.75) is 51.0 Å². The highest BCUT2D eigenvalue weighted by Crippen LogP contribution is 2.19. The molecule has 0 aromatic rings. The van der Waals surface area contributed by atoms with E-state index in [4.69, 9.17) is 4.74 Å². The normalized spacial score (nSPS) is 20.1. The van der Waals surface area contributed by atoms with Gasteiger partial charge in [-0.1, -0.05) is 25.7 Å². The van der Waals surface area contributed by atoms with E-state index in [9.17, 15) is 0 Å². The SMILES string of the molecule is CNCCCOC1CCCCCC1. The largest absolute Gasteiger partial charge is 0.378 e. The first kappa shape index (κ1) is 11.0. The number of hydrogen-bond donors (Lipinski definition) is 1. The Morgan fingerprint density at radius 2 is 1.85 bits per heavy atom. The highest BCUT2D eigenvalue weighted by atomic mass is 16.5. The molecule has 1 saturated carbocycles. The molecule has 2 nitrogen and oxygen atoms in total. The van der Waals surface area contributed by atoms with Gasteiger partial charge in [0.25, 0.3) is 0 Å². The Labute approximate surface area is 82.0 Å². The van der Waals surface area contributed by atoms with Crippen molar-refractivity contribution >= 4 is 0 Å². The predicted octanol–water partition coefficient (Wildman–Crippen LogP) is 2.34. The highest BCUT2D eigenvalue weighted by molar-refractivity contribution is 4.63. The molecule has 0 saturated heterocycles. The Morgan fingerprint density at radius 1 is 1.15 bits per heavy atom. The molecule has 0 spiro atoms. The standard InChI is InChI=1S/C11H23NO/c1-12-9-6-10-13-11-7-4-2-3-5-8-11/h11-12H,2-10H2,1H3. The van der Waals surface area contributed by atoms with Crippen LogP contribution in [0.1, 0.15) is 44.9 Å². The molecule has 2 heteroatoms. The van der Waals surface area contributed by atoms with Crippen molar-refractivity contribution in [3.8, 4) is 0 Å². The van der Waals surface area contributed by atoms with E-state index in [2.05, 4.69) is 5.32 Å². The topological polar surface area (TPSA) is 21.3 Å². The third-order valence-electron chi connectivity index (χ3n) is 2.73. The van der Waals surface area contributed by atoms with Gasteiger partial charge in [-0.25, -0.2) is 0 Å². The van der Waals surface area contributed by atoms with E-state index in [0.29, 0.717) is 6.10 Å². The number of hydrogen-bond acceptors (Lipinski definition) is 2. The third kappa shape index (κ3) is 5.27. The lowest BCUT2D eigenvalue weighted by molar-refractivity contribution is 0.0421. The first-order chi connectivity index (χ1) is 6.43. The zero-order chi connectivity index (χ0) is 9.36. The fraction of sp³-hybridized carbons (Fsp3) is 1.00. The summed E-state index contributed by atoms with van der Waals surface area (Å²) in [6.45, 7) is 2.01. The van der Waals surface area contributed by atoms with Crippen molar-refractivity contribution in [2.75, 3.05) is 20.2 Å². The van der Waals surface area contributed by atoms with Gasteiger partial charge in [-0.05, 0) is 32.9 Å². The lowest BCUT2D eigenvalue weighted by atomic mass is 10.1. The molecule has 0 aliphatic heterocycles. The molecule has 1 rings (SSSR count). The Hall–Kier alpha value is -0.0800. The number of ether oxygens (including phenoxy) is 1. The van der Waals surface area contributed by atoms with Crippen molar-refractivity contribution in [2.24, 2.45) is 0 Å². The molecular formula is C11H23NO.